The summed E-state index contributed by atoms with van der Waals surface area (Å²) >= 11 is 11.8. The van der Waals surface area contributed by atoms with E-state index >= 15 is 0 Å². The fourth-order valence-electron chi connectivity index (χ4n) is 1.50. The zero-order valence-electron chi connectivity index (χ0n) is 17.4. The monoisotopic (exact) mass is 484 g/mol. The number of hydrogen-bond acceptors (Lipinski definition) is 10. The van der Waals surface area contributed by atoms with Crippen molar-refractivity contribution in [1.82, 2.24) is 0 Å². The van der Waals surface area contributed by atoms with Crippen molar-refractivity contribution in [3.05, 3.63) is 24.3 Å². The smallest absolute Gasteiger partial charge is 0.459 e. The van der Waals surface area contributed by atoms with Crippen molar-refractivity contribution in [1.29, 1.82) is 0 Å². The zero-order valence-corrected chi connectivity index (χ0v) is 18.9. The molecule has 12 heteroatoms. The minimum atomic E-state index is -1.10. The molecular weight excluding hydrogens is 459 g/mol. The summed E-state index contributed by atoms with van der Waals surface area (Å²) < 4.78 is 28.9. The van der Waals surface area contributed by atoms with Gasteiger partial charge in [0.25, 0.3) is 0 Å². The van der Waals surface area contributed by atoms with Crippen LogP contribution in [0.4, 0.5) is 9.59 Å². The average molecular weight is 485 g/mol. The van der Waals surface area contributed by atoms with Crippen LogP contribution in [0.5, 0.6) is 0 Å². The van der Waals surface area contributed by atoms with Crippen molar-refractivity contribution in [2.45, 2.75) is 13.8 Å². The Hall–Kier alpha value is -2.46. The molecule has 0 spiro atoms. The summed E-state index contributed by atoms with van der Waals surface area (Å²) in [6, 6.07) is 0. The summed E-state index contributed by atoms with van der Waals surface area (Å²) in [5.74, 6) is -1.44. The lowest BCUT2D eigenvalue weighted by atomic mass is 9.96. The van der Waals surface area contributed by atoms with E-state index in [4.69, 9.17) is 51.6 Å². The molecule has 0 aromatic heterocycles. The van der Waals surface area contributed by atoms with Crippen LogP contribution in [0.1, 0.15) is 13.8 Å². The molecule has 0 aliphatic rings. The molecule has 0 bridgehead atoms. The van der Waals surface area contributed by atoms with Crippen molar-refractivity contribution in [3.8, 4) is 0 Å². The van der Waals surface area contributed by atoms with Crippen LogP contribution in [0.25, 0.3) is 0 Å². The first kappa shape index (κ1) is 28.5. The van der Waals surface area contributed by atoms with Crippen molar-refractivity contribution in [3.63, 3.8) is 0 Å². The Labute approximate surface area is 190 Å². The van der Waals surface area contributed by atoms with Gasteiger partial charge in [-0.3, -0.25) is 0 Å². The molecule has 0 aromatic carbocycles. The van der Waals surface area contributed by atoms with Gasteiger partial charge < -0.3 is 28.4 Å². The summed E-state index contributed by atoms with van der Waals surface area (Å²) in [5.41, 5.74) is -0.675. The van der Waals surface area contributed by atoms with E-state index in [2.05, 4.69) is 13.2 Å². The van der Waals surface area contributed by atoms with E-state index in [0.29, 0.717) is 0 Å². The predicted molar refractivity (Wildman–Crippen MR) is 110 cm³/mol. The molecule has 0 aromatic rings. The summed E-state index contributed by atoms with van der Waals surface area (Å²) in [6.07, 6.45) is -2.10. The second kappa shape index (κ2) is 15.4. The van der Waals surface area contributed by atoms with Gasteiger partial charge in [-0.1, -0.05) is 13.2 Å². The number of hydrogen-bond donors (Lipinski definition) is 0. The number of alkyl halides is 2. The highest BCUT2D eigenvalue weighted by Crippen LogP contribution is 2.23. The molecule has 10 nitrogen and oxygen atoms in total. The lowest BCUT2D eigenvalue weighted by molar-refractivity contribution is -0.140. The number of carbonyl (C=O) groups excluding carboxylic acids is 4. The molecule has 0 atom stereocenters. The highest BCUT2D eigenvalue weighted by Gasteiger charge is 2.33. The van der Waals surface area contributed by atoms with Crippen molar-refractivity contribution in [2.75, 3.05) is 51.4 Å². The van der Waals surface area contributed by atoms with E-state index in [9.17, 15) is 19.2 Å². The molecule has 0 rings (SSSR count). The zero-order chi connectivity index (χ0) is 23.9. The summed E-state index contributed by atoms with van der Waals surface area (Å²) in [6.45, 7) is 8.34. The molecule has 0 amide bonds. The van der Waals surface area contributed by atoms with E-state index in [0.717, 1.165) is 0 Å². The lowest BCUT2D eigenvalue weighted by Gasteiger charge is -2.27. The van der Waals surface area contributed by atoms with Crippen LogP contribution in [0, 0.1) is 5.41 Å². The first-order chi connectivity index (χ1) is 14.6. The Kier molecular flexibility index (Phi) is 14.1. The second-order valence-corrected chi connectivity index (χ2v) is 6.91. The van der Waals surface area contributed by atoms with Gasteiger partial charge in [0.1, 0.15) is 39.6 Å². The quantitative estimate of drug-likeness (QED) is 0.119. The van der Waals surface area contributed by atoms with Gasteiger partial charge in [0.15, 0.2) is 0 Å². The molecule has 0 unspecified atom stereocenters. The molecule has 0 saturated heterocycles. The lowest BCUT2D eigenvalue weighted by Crippen LogP contribution is -2.38. The van der Waals surface area contributed by atoms with Crippen LogP contribution in [-0.2, 0) is 38.0 Å². The highest BCUT2D eigenvalue weighted by atomic mass is 35.5. The molecule has 0 aliphatic heterocycles. The van der Waals surface area contributed by atoms with Crippen LogP contribution in [0.3, 0.4) is 0 Å². The molecule has 0 heterocycles. The van der Waals surface area contributed by atoms with E-state index in [1.54, 1.807) is 0 Å². The maximum Gasteiger partial charge on any atom is 0.508 e. The first-order valence-electron chi connectivity index (χ1n) is 8.93. The third kappa shape index (κ3) is 12.7. The fourth-order valence-corrected chi connectivity index (χ4v) is 2.10. The van der Waals surface area contributed by atoms with Gasteiger partial charge in [0.05, 0.1) is 5.41 Å². The standard InChI is InChI=1S/C19H26Cl2O10/c1-13(2)15(22)26-5-7-28-17(24)30-11-19(9-20,10-21)12-31-18(25)29-8-6-27-16(23)14(3)4/h1,3,5-12H2,2,4H3. The van der Waals surface area contributed by atoms with Gasteiger partial charge in [-0.25, -0.2) is 19.2 Å². The normalized spacial score (nSPS) is 10.5. The molecule has 31 heavy (non-hydrogen) atoms. The number of carbonyl (C=O) groups is 4. The van der Waals surface area contributed by atoms with E-state index in [-0.39, 0.29) is 62.5 Å². The van der Waals surface area contributed by atoms with Gasteiger partial charge in [-0.15, -0.1) is 23.2 Å². The predicted octanol–water partition coefficient (Wildman–Crippen LogP) is 3.00. The summed E-state index contributed by atoms with van der Waals surface area (Å²) in [4.78, 5) is 45.7. The number of esters is 2. The fraction of sp³-hybridized carbons (Fsp3) is 0.579. The molecule has 0 fully saturated rings. The molecule has 176 valence electrons. The van der Waals surface area contributed by atoms with Gasteiger partial charge in [-0.2, -0.15) is 0 Å². The van der Waals surface area contributed by atoms with Gasteiger partial charge in [0.2, 0.25) is 0 Å². The molecular formula is C19H26Cl2O10. The van der Waals surface area contributed by atoms with Crippen LogP contribution in [-0.4, -0.2) is 75.7 Å². The molecule has 0 radical (unpaired) electrons. The maximum absolute atomic E-state index is 11.6. The van der Waals surface area contributed by atoms with Gasteiger partial charge >= 0.3 is 24.2 Å². The van der Waals surface area contributed by atoms with E-state index in [1.165, 1.54) is 13.8 Å². The number of ether oxygens (including phenoxy) is 6. The third-order valence-corrected chi connectivity index (χ3v) is 4.46. The molecule has 0 aliphatic carbocycles. The van der Waals surface area contributed by atoms with Crippen LogP contribution in [0.15, 0.2) is 24.3 Å². The number of halogens is 2. The Morgan fingerprint density at radius 1 is 0.645 bits per heavy atom. The Morgan fingerprint density at radius 3 is 1.26 bits per heavy atom. The Balaban J connectivity index is 4.27. The van der Waals surface area contributed by atoms with Crippen LogP contribution in [0.2, 0.25) is 0 Å². The van der Waals surface area contributed by atoms with E-state index < -0.39 is 29.7 Å². The number of rotatable bonds is 14. The third-order valence-electron chi connectivity index (χ3n) is 3.33. The van der Waals surface area contributed by atoms with Crippen LogP contribution >= 0.6 is 23.2 Å². The topological polar surface area (TPSA) is 124 Å². The van der Waals surface area contributed by atoms with Crippen molar-refractivity contribution < 1.29 is 47.6 Å². The maximum atomic E-state index is 11.6. The van der Waals surface area contributed by atoms with Crippen molar-refractivity contribution in [2.24, 2.45) is 5.41 Å². The second-order valence-electron chi connectivity index (χ2n) is 6.37. The first-order valence-corrected chi connectivity index (χ1v) is 10.00. The van der Waals surface area contributed by atoms with E-state index in [1.807, 2.05) is 0 Å². The largest absolute Gasteiger partial charge is 0.508 e. The van der Waals surface area contributed by atoms with Crippen molar-refractivity contribution >= 4 is 47.5 Å². The summed E-state index contributed by atoms with van der Waals surface area (Å²) in [5, 5.41) is 0. The van der Waals surface area contributed by atoms with Crippen LogP contribution < -0.4 is 0 Å². The van der Waals surface area contributed by atoms with Gasteiger partial charge in [-0.05, 0) is 13.8 Å². The molecule has 0 saturated carbocycles. The minimum Gasteiger partial charge on any atom is -0.459 e. The molecule has 0 N–H and O–H groups in total. The SMILES string of the molecule is C=C(C)C(=O)OCCOC(=O)OCC(CCl)(CCl)COC(=O)OCCOC(=O)C(=C)C. The average Bonchev–Trinajstić information content (AvgIpc) is 2.74. The Morgan fingerprint density at radius 2 is 0.968 bits per heavy atom. The summed E-state index contributed by atoms with van der Waals surface area (Å²) in [7, 11) is 0. The van der Waals surface area contributed by atoms with Gasteiger partial charge in [0, 0.05) is 22.9 Å². The Bertz CT molecular complexity index is 606. The highest BCUT2D eigenvalue weighted by molar-refractivity contribution is 6.21. The minimum absolute atomic E-state index is 0.108.